The highest BCUT2D eigenvalue weighted by Gasteiger charge is 2.18. The molecule has 0 aliphatic heterocycles. The van der Waals surface area contributed by atoms with E-state index in [4.69, 9.17) is 4.74 Å². The minimum absolute atomic E-state index is 0.0182. The van der Waals surface area contributed by atoms with Gasteiger partial charge in [-0.1, -0.05) is 229 Å². The number of nitrogens with one attached hydrogen (secondary N) is 1. The second-order valence-corrected chi connectivity index (χ2v) is 18.9. The number of ether oxygens (including phenoxy) is 1. The fourth-order valence-electron chi connectivity index (χ4n) is 8.26. The molecule has 0 aromatic rings. The van der Waals surface area contributed by atoms with Gasteiger partial charge < -0.3 is 20.3 Å². The Morgan fingerprint density at radius 3 is 1.20 bits per heavy atom. The maximum atomic E-state index is 12.4. The highest BCUT2D eigenvalue weighted by Crippen LogP contribution is 2.15. The van der Waals surface area contributed by atoms with Crippen molar-refractivity contribution in [3.05, 3.63) is 48.6 Å². The topological polar surface area (TPSA) is 95.9 Å². The van der Waals surface area contributed by atoms with Gasteiger partial charge in [-0.05, 0) is 89.9 Å². The van der Waals surface area contributed by atoms with Gasteiger partial charge in [0.2, 0.25) is 5.91 Å². The zero-order chi connectivity index (χ0) is 46.5. The number of allylic oxidation sites excluding steroid dienone is 7. The molecule has 0 fully saturated rings. The van der Waals surface area contributed by atoms with E-state index in [2.05, 4.69) is 55.6 Å². The summed E-state index contributed by atoms with van der Waals surface area (Å²) in [7, 11) is 0. The third-order valence-electron chi connectivity index (χ3n) is 12.6. The number of aliphatic hydroxyl groups is 2. The molecule has 0 radical (unpaired) electrons. The van der Waals surface area contributed by atoms with Crippen molar-refractivity contribution in [2.75, 3.05) is 13.2 Å². The fourth-order valence-corrected chi connectivity index (χ4v) is 8.26. The van der Waals surface area contributed by atoms with E-state index >= 15 is 0 Å². The Kier molecular flexibility index (Phi) is 51.6. The van der Waals surface area contributed by atoms with Crippen molar-refractivity contribution in [1.82, 2.24) is 5.32 Å². The Balaban J connectivity index is 3.49. The number of esters is 1. The largest absolute Gasteiger partial charge is 0.466 e. The van der Waals surface area contributed by atoms with Gasteiger partial charge in [0.1, 0.15) is 0 Å². The fraction of sp³-hybridized carbons (Fsp3) is 0.828. The molecule has 3 N–H and O–H groups in total. The van der Waals surface area contributed by atoms with E-state index in [-0.39, 0.29) is 18.5 Å². The average molecular weight is 898 g/mol. The predicted molar refractivity (Wildman–Crippen MR) is 278 cm³/mol. The van der Waals surface area contributed by atoms with Gasteiger partial charge in [0.15, 0.2) is 0 Å². The molecule has 6 heteroatoms. The Morgan fingerprint density at radius 2 is 0.781 bits per heavy atom. The van der Waals surface area contributed by atoms with Crippen LogP contribution >= 0.6 is 0 Å². The first kappa shape index (κ1) is 61.8. The first-order valence-corrected chi connectivity index (χ1v) is 27.9. The van der Waals surface area contributed by atoms with Gasteiger partial charge in [-0.25, -0.2) is 0 Å². The van der Waals surface area contributed by atoms with Gasteiger partial charge in [0.25, 0.3) is 0 Å². The number of hydrogen-bond donors (Lipinski definition) is 3. The van der Waals surface area contributed by atoms with Crippen LogP contribution in [0.4, 0.5) is 0 Å². The standard InChI is InChI=1S/C58H107NO5/c1-3-5-7-9-11-13-15-16-17-21-25-28-32-36-40-44-48-52-58(63)64-53-49-45-41-37-33-29-26-23-20-18-19-22-24-27-31-35-39-43-47-51-57(62)59-55(54-60)56(61)50-46-42-38-34-30-14-12-10-8-6-4-2/h16-17,23,26,29,33,46,50,55-56,60-61H,3-15,18-22,24-25,27-28,30-32,34-45,47-49,51-54H2,1-2H3,(H,59,62)/b17-16-,26-23-,33-29-,50-46+. The van der Waals surface area contributed by atoms with Crippen LogP contribution < -0.4 is 5.32 Å². The summed E-state index contributed by atoms with van der Waals surface area (Å²) in [6.45, 7) is 4.84. The average Bonchev–Trinajstić information content (AvgIpc) is 3.29. The number of unbranched alkanes of at least 4 members (excludes halogenated alkanes) is 35. The lowest BCUT2D eigenvalue weighted by Crippen LogP contribution is -2.45. The Hall–Kier alpha value is -2.18. The van der Waals surface area contributed by atoms with Crippen LogP contribution in [0.15, 0.2) is 48.6 Å². The van der Waals surface area contributed by atoms with E-state index in [0.29, 0.717) is 19.4 Å². The van der Waals surface area contributed by atoms with Gasteiger partial charge in [0.05, 0.1) is 25.4 Å². The number of hydrogen-bond acceptors (Lipinski definition) is 5. The summed E-state index contributed by atoms with van der Waals surface area (Å²) >= 11 is 0. The van der Waals surface area contributed by atoms with Gasteiger partial charge in [-0.2, -0.15) is 0 Å². The van der Waals surface area contributed by atoms with Crippen LogP contribution in [-0.4, -0.2) is 47.4 Å². The number of aliphatic hydroxyl groups excluding tert-OH is 2. The van der Waals surface area contributed by atoms with Crippen molar-refractivity contribution in [2.24, 2.45) is 0 Å². The normalized spacial score (nSPS) is 13.0. The van der Waals surface area contributed by atoms with Crippen molar-refractivity contribution in [3.8, 4) is 0 Å². The summed E-state index contributed by atoms with van der Waals surface area (Å²) in [5, 5.41) is 23.0. The Bertz CT molecular complexity index is 1080. The lowest BCUT2D eigenvalue weighted by atomic mass is 10.0. The number of amides is 1. The summed E-state index contributed by atoms with van der Waals surface area (Å²) in [4.78, 5) is 24.4. The van der Waals surface area contributed by atoms with E-state index in [1.54, 1.807) is 6.08 Å². The summed E-state index contributed by atoms with van der Waals surface area (Å²) < 4.78 is 5.46. The number of carbonyl (C=O) groups is 2. The third kappa shape index (κ3) is 49.3. The molecule has 0 saturated heterocycles. The molecule has 2 atom stereocenters. The zero-order valence-electron chi connectivity index (χ0n) is 42.5. The van der Waals surface area contributed by atoms with Crippen LogP contribution in [0.3, 0.4) is 0 Å². The minimum atomic E-state index is -0.850. The zero-order valence-corrected chi connectivity index (χ0v) is 42.5. The van der Waals surface area contributed by atoms with Crippen LogP contribution in [-0.2, 0) is 14.3 Å². The summed E-state index contributed by atoms with van der Waals surface area (Å²) in [6, 6.07) is -0.635. The minimum Gasteiger partial charge on any atom is -0.466 e. The first-order valence-electron chi connectivity index (χ1n) is 27.9. The van der Waals surface area contributed by atoms with Crippen LogP contribution in [0.25, 0.3) is 0 Å². The monoisotopic (exact) mass is 898 g/mol. The maximum Gasteiger partial charge on any atom is 0.305 e. The van der Waals surface area contributed by atoms with Gasteiger partial charge in [0, 0.05) is 12.8 Å². The number of rotatable bonds is 51. The molecular formula is C58H107NO5. The Labute approximate surface area is 397 Å². The lowest BCUT2D eigenvalue weighted by molar-refractivity contribution is -0.143. The van der Waals surface area contributed by atoms with Crippen molar-refractivity contribution in [2.45, 2.75) is 296 Å². The molecule has 0 heterocycles. The highest BCUT2D eigenvalue weighted by atomic mass is 16.5. The van der Waals surface area contributed by atoms with E-state index < -0.39 is 12.1 Å². The predicted octanol–water partition coefficient (Wildman–Crippen LogP) is 17.0. The highest BCUT2D eigenvalue weighted by molar-refractivity contribution is 5.76. The molecule has 2 unspecified atom stereocenters. The smallest absolute Gasteiger partial charge is 0.305 e. The molecule has 0 aromatic heterocycles. The van der Waals surface area contributed by atoms with Gasteiger partial charge in [-0.15, -0.1) is 0 Å². The quantitative estimate of drug-likeness (QED) is 0.0245. The molecule has 64 heavy (non-hydrogen) atoms. The van der Waals surface area contributed by atoms with Crippen LogP contribution in [0.2, 0.25) is 0 Å². The molecule has 0 aliphatic carbocycles. The second-order valence-electron chi connectivity index (χ2n) is 18.9. The SMILES string of the molecule is CCCCCCCC/C=C\CCCCCCCCCC(=O)OCCCCC/C=C\C=C/CCCCCCCCCCCCC(=O)NC(CO)C(O)/C=C/CCCCCCCCCCC. The third-order valence-corrected chi connectivity index (χ3v) is 12.6. The van der Waals surface area contributed by atoms with Gasteiger partial charge in [-0.3, -0.25) is 9.59 Å². The summed E-state index contributed by atoms with van der Waals surface area (Å²) in [6.07, 6.45) is 67.0. The molecule has 374 valence electrons. The molecular weight excluding hydrogens is 791 g/mol. The van der Waals surface area contributed by atoms with Crippen LogP contribution in [0.5, 0.6) is 0 Å². The maximum absolute atomic E-state index is 12.4. The van der Waals surface area contributed by atoms with Crippen molar-refractivity contribution >= 4 is 11.9 Å². The Morgan fingerprint density at radius 1 is 0.438 bits per heavy atom. The van der Waals surface area contributed by atoms with Crippen molar-refractivity contribution < 1.29 is 24.5 Å². The molecule has 0 spiro atoms. The van der Waals surface area contributed by atoms with Crippen molar-refractivity contribution in [3.63, 3.8) is 0 Å². The van der Waals surface area contributed by atoms with E-state index in [1.807, 2.05) is 6.08 Å². The van der Waals surface area contributed by atoms with Crippen LogP contribution in [0.1, 0.15) is 284 Å². The molecule has 1 amide bonds. The molecule has 0 rings (SSSR count). The molecule has 0 bridgehead atoms. The summed E-state index contributed by atoms with van der Waals surface area (Å²) in [5.41, 5.74) is 0. The van der Waals surface area contributed by atoms with E-state index in [9.17, 15) is 19.8 Å². The molecule has 0 aliphatic rings. The summed E-state index contributed by atoms with van der Waals surface area (Å²) in [5.74, 6) is -0.0984. The van der Waals surface area contributed by atoms with Gasteiger partial charge >= 0.3 is 5.97 Å². The number of carbonyl (C=O) groups excluding carboxylic acids is 2. The molecule has 0 saturated carbocycles. The second kappa shape index (κ2) is 53.4. The molecule has 6 nitrogen and oxygen atoms in total. The lowest BCUT2D eigenvalue weighted by Gasteiger charge is -2.20. The van der Waals surface area contributed by atoms with Crippen molar-refractivity contribution in [1.29, 1.82) is 0 Å². The van der Waals surface area contributed by atoms with E-state index in [1.165, 1.54) is 180 Å². The molecule has 0 aromatic carbocycles. The van der Waals surface area contributed by atoms with E-state index in [0.717, 1.165) is 77.0 Å². The first-order chi connectivity index (χ1) is 31.5. The van der Waals surface area contributed by atoms with Crippen LogP contribution in [0, 0.1) is 0 Å².